The second kappa shape index (κ2) is 43.0. The average Bonchev–Trinajstić information content (AvgIpc) is 3.21. The van der Waals surface area contributed by atoms with Crippen LogP contribution in [0.25, 0.3) is 0 Å². The Bertz CT molecular complexity index is 1120. The van der Waals surface area contributed by atoms with Crippen molar-refractivity contribution in [2.45, 2.75) is 225 Å². The molecule has 348 valence electrons. The van der Waals surface area contributed by atoms with Gasteiger partial charge in [0.25, 0.3) is 0 Å². The first kappa shape index (κ1) is 57.3. The van der Waals surface area contributed by atoms with E-state index in [9.17, 15) is 19.5 Å². The quantitative estimate of drug-likeness (QED) is 0.0282. The third kappa shape index (κ3) is 40.7. The largest absolute Gasteiger partial charge is 0.477 e. The lowest BCUT2D eigenvalue weighted by atomic mass is 10.0. The highest BCUT2D eigenvalue weighted by molar-refractivity contribution is 5.72. The highest BCUT2D eigenvalue weighted by Crippen LogP contribution is 2.16. The molecule has 0 rings (SSSR count). The van der Waals surface area contributed by atoms with Gasteiger partial charge in [-0.15, -0.1) is 0 Å². The minimum absolute atomic E-state index is 0.0460. The van der Waals surface area contributed by atoms with E-state index in [0.717, 1.165) is 44.9 Å². The molecule has 0 bridgehead atoms. The Hall–Kier alpha value is -2.71. The fourth-order valence-corrected chi connectivity index (χ4v) is 7.28. The topological polar surface area (TPSA) is 99.1 Å². The van der Waals surface area contributed by atoms with Crippen molar-refractivity contribution in [3.8, 4) is 0 Å². The molecule has 0 aliphatic rings. The fourth-order valence-electron chi connectivity index (χ4n) is 7.28. The van der Waals surface area contributed by atoms with E-state index in [1.807, 2.05) is 57.6 Å². The number of carboxylic acids is 1. The molecule has 2 unspecified atom stereocenters. The van der Waals surface area contributed by atoms with Gasteiger partial charge in [-0.25, -0.2) is 4.79 Å². The van der Waals surface area contributed by atoms with Crippen molar-refractivity contribution in [3.05, 3.63) is 48.6 Å². The highest BCUT2D eigenvalue weighted by Gasteiger charge is 2.31. The van der Waals surface area contributed by atoms with E-state index >= 15 is 0 Å². The monoisotopic (exact) mass is 845 g/mol. The van der Waals surface area contributed by atoms with Crippen LogP contribution in [0.5, 0.6) is 0 Å². The number of hydrogen-bond donors (Lipinski definition) is 1. The van der Waals surface area contributed by atoms with Crippen molar-refractivity contribution in [2.24, 2.45) is 0 Å². The Kier molecular flexibility index (Phi) is 41.0. The van der Waals surface area contributed by atoms with Crippen LogP contribution in [0, 0.1) is 0 Å². The molecule has 0 heterocycles. The number of nitrogens with zero attached hydrogens (tertiary/aromatic N) is 1. The molecular weight excluding hydrogens is 751 g/mol. The molecule has 0 aromatic rings. The van der Waals surface area contributed by atoms with E-state index in [-0.39, 0.29) is 42.7 Å². The zero-order valence-corrected chi connectivity index (χ0v) is 39.7. The van der Waals surface area contributed by atoms with Gasteiger partial charge in [0.05, 0.1) is 34.4 Å². The van der Waals surface area contributed by atoms with Crippen molar-refractivity contribution >= 4 is 17.9 Å². The zero-order chi connectivity index (χ0) is 44.2. The number of esters is 2. The Morgan fingerprint density at radius 3 is 1.38 bits per heavy atom. The molecule has 0 aliphatic carbocycles. The molecule has 8 heteroatoms. The second-order valence-corrected chi connectivity index (χ2v) is 17.8. The predicted octanol–water partition coefficient (Wildman–Crippen LogP) is 14.0. The SMILES string of the molecule is CC/C=C/C=C/C=C/C=C/CCCCCC(=O)OC(COCCC(C(=O)O)[N+](C)(C)C)COC(=O)CCCCCCCCCCCCCCCCCCCCCCCCC. The Labute approximate surface area is 369 Å². The third-order valence-corrected chi connectivity index (χ3v) is 11.1. The maximum atomic E-state index is 12.7. The van der Waals surface area contributed by atoms with Gasteiger partial charge in [0, 0.05) is 19.3 Å². The lowest BCUT2D eigenvalue weighted by Gasteiger charge is -2.31. The molecular formula is C52H94NO7+. The normalized spacial score (nSPS) is 13.3. The van der Waals surface area contributed by atoms with E-state index in [2.05, 4.69) is 26.0 Å². The summed E-state index contributed by atoms with van der Waals surface area (Å²) in [4.78, 5) is 37.0. The van der Waals surface area contributed by atoms with Crippen LogP contribution in [-0.2, 0) is 28.6 Å². The summed E-state index contributed by atoms with van der Waals surface area (Å²) in [7, 11) is 5.52. The molecule has 0 fully saturated rings. The number of aliphatic carboxylic acids is 1. The molecule has 0 saturated carbocycles. The van der Waals surface area contributed by atoms with Crippen molar-refractivity contribution < 1.29 is 38.2 Å². The summed E-state index contributed by atoms with van der Waals surface area (Å²) in [6.07, 6.45) is 51.8. The number of ether oxygens (including phenoxy) is 3. The van der Waals surface area contributed by atoms with Crippen LogP contribution in [0.4, 0.5) is 0 Å². The van der Waals surface area contributed by atoms with Crippen molar-refractivity contribution in [2.75, 3.05) is 41.0 Å². The van der Waals surface area contributed by atoms with Crippen LogP contribution in [0.1, 0.15) is 213 Å². The minimum atomic E-state index is -0.881. The van der Waals surface area contributed by atoms with Gasteiger partial charge < -0.3 is 23.8 Å². The molecule has 0 amide bonds. The third-order valence-electron chi connectivity index (χ3n) is 11.1. The van der Waals surface area contributed by atoms with Gasteiger partial charge in [0.2, 0.25) is 0 Å². The zero-order valence-electron chi connectivity index (χ0n) is 39.7. The van der Waals surface area contributed by atoms with E-state index in [0.29, 0.717) is 19.3 Å². The van der Waals surface area contributed by atoms with Gasteiger partial charge in [0.15, 0.2) is 12.1 Å². The molecule has 0 radical (unpaired) electrons. The number of allylic oxidation sites excluding steroid dienone is 8. The minimum Gasteiger partial charge on any atom is -0.477 e. The van der Waals surface area contributed by atoms with E-state index in [4.69, 9.17) is 14.2 Å². The van der Waals surface area contributed by atoms with Gasteiger partial charge in [0.1, 0.15) is 6.61 Å². The van der Waals surface area contributed by atoms with Crippen LogP contribution < -0.4 is 0 Å². The van der Waals surface area contributed by atoms with Gasteiger partial charge in [-0.3, -0.25) is 9.59 Å². The molecule has 0 aromatic carbocycles. The van der Waals surface area contributed by atoms with Crippen molar-refractivity contribution in [3.63, 3.8) is 0 Å². The number of carbonyl (C=O) groups is 3. The van der Waals surface area contributed by atoms with Crippen LogP contribution in [0.3, 0.4) is 0 Å². The van der Waals surface area contributed by atoms with Gasteiger partial charge in [-0.2, -0.15) is 0 Å². The fraction of sp³-hybridized carbons (Fsp3) is 0.788. The lowest BCUT2D eigenvalue weighted by Crippen LogP contribution is -2.50. The van der Waals surface area contributed by atoms with Crippen LogP contribution >= 0.6 is 0 Å². The maximum Gasteiger partial charge on any atom is 0.362 e. The van der Waals surface area contributed by atoms with Crippen molar-refractivity contribution in [1.82, 2.24) is 0 Å². The van der Waals surface area contributed by atoms with Gasteiger partial charge >= 0.3 is 17.9 Å². The Balaban J connectivity index is 4.19. The first-order valence-electron chi connectivity index (χ1n) is 24.7. The van der Waals surface area contributed by atoms with Crippen LogP contribution in [0.15, 0.2) is 48.6 Å². The molecule has 60 heavy (non-hydrogen) atoms. The number of likely N-dealkylation sites (N-methyl/N-ethyl adjacent to an activating group) is 1. The summed E-state index contributed by atoms with van der Waals surface area (Å²) >= 11 is 0. The standard InChI is InChI=1S/C52H93NO7/c1-6-8-10-12-14-16-18-20-21-22-23-24-25-26-27-28-29-31-32-34-36-38-40-42-50(54)59-47-48(46-58-45-44-49(52(56)57)53(3,4)5)60-51(55)43-41-39-37-35-33-30-19-17-15-13-11-9-7-2/h9,11,13,15,17,19,30,33,48-49H,6-8,10,12,14,16,18,20-29,31-32,34-47H2,1-5H3/p+1/b11-9+,15-13+,19-17+,33-30+. The number of quaternary nitrogens is 1. The van der Waals surface area contributed by atoms with Crippen molar-refractivity contribution in [1.29, 1.82) is 0 Å². The number of carbonyl (C=O) groups excluding carboxylic acids is 2. The summed E-state index contributed by atoms with van der Waals surface area (Å²) in [6, 6.07) is -0.622. The highest BCUT2D eigenvalue weighted by atomic mass is 16.6. The molecule has 0 saturated heterocycles. The average molecular weight is 845 g/mol. The van der Waals surface area contributed by atoms with Gasteiger partial charge in [-0.1, -0.05) is 210 Å². The second-order valence-electron chi connectivity index (χ2n) is 17.8. The smallest absolute Gasteiger partial charge is 0.362 e. The summed E-state index contributed by atoms with van der Waals surface area (Å²) in [5, 5.41) is 9.63. The van der Waals surface area contributed by atoms with E-state index in [1.54, 1.807) is 0 Å². The van der Waals surface area contributed by atoms with Gasteiger partial charge in [-0.05, 0) is 32.1 Å². The van der Waals surface area contributed by atoms with E-state index in [1.165, 1.54) is 128 Å². The predicted molar refractivity (Wildman–Crippen MR) is 252 cm³/mol. The number of rotatable bonds is 44. The first-order valence-corrected chi connectivity index (χ1v) is 24.7. The maximum absolute atomic E-state index is 12.7. The lowest BCUT2D eigenvalue weighted by molar-refractivity contribution is -0.887. The molecule has 0 aromatic heterocycles. The molecule has 0 spiro atoms. The Morgan fingerprint density at radius 1 is 0.517 bits per heavy atom. The number of hydrogen-bond acceptors (Lipinski definition) is 6. The number of unbranched alkanes of at least 4 members (excludes halogenated alkanes) is 25. The summed E-state index contributed by atoms with van der Waals surface area (Å²) in [5.74, 6) is -1.51. The van der Waals surface area contributed by atoms with Crippen LogP contribution in [0.2, 0.25) is 0 Å². The Morgan fingerprint density at radius 2 is 0.933 bits per heavy atom. The summed E-state index contributed by atoms with van der Waals surface area (Å²) < 4.78 is 17.3. The van der Waals surface area contributed by atoms with E-state index < -0.39 is 18.1 Å². The molecule has 0 aliphatic heterocycles. The number of carboxylic acid groups (broad SMARTS) is 1. The molecule has 2 atom stereocenters. The molecule has 1 N–H and O–H groups in total. The summed E-state index contributed by atoms with van der Waals surface area (Å²) in [6.45, 7) is 4.57. The first-order chi connectivity index (χ1) is 29.1. The molecule has 8 nitrogen and oxygen atoms in total. The summed E-state index contributed by atoms with van der Waals surface area (Å²) in [5.41, 5.74) is 0. The van der Waals surface area contributed by atoms with Crippen LogP contribution in [-0.4, -0.2) is 80.6 Å².